The van der Waals surface area contributed by atoms with E-state index in [0.717, 1.165) is 18.4 Å². The summed E-state index contributed by atoms with van der Waals surface area (Å²) in [6.45, 7) is 0.788. The highest BCUT2D eigenvalue weighted by Crippen LogP contribution is 2.48. The van der Waals surface area contributed by atoms with Crippen LogP contribution < -0.4 is 0 Å². The Labute approximate surface area is 113 Å². The van der Waals surface area contributed by atoms with E-state index < -0.39 is 0 Å². The third kappa shape index (κ3) is 2.31. The van der Waals surface area contributed by atoms with E-state index >= 15 is 0 Å². The minimum atomic E-state index is -0.180. The van der Waals surface area contributed by atoms with Crippen LogP contribution in [0.4, 0.5) is 0 Å². The first kappa shape index (κ1) is 12.5. The van der Waals surface area contributed by atoms with Crippen LogP contribution in [0.1, 0.15) is 36.2 Å². The van der Waals surface area contributed by atoms with Crippen molar-refractivity contribution in [2.45, 2.75) is 25.7 Å². The Morgan fingerprint density at radius 3 is 2.95 bits per heavy atom. The predicted molar refractivity (Wildman–Crippen MR) is 71.8 cm³/mol. The van der Waals surface area contributed by atoms with Crippen molar-refractivity contribution >= 4 is 5.91 Å². The van der Waals surface area contributed by atoms with Gasteiger partial charge < -0.3 is 10.0 Å². The lowest BCUT2D eigenvalue weighted by atomic mass is 9.88. The van der Waals surface area contributed by atoms with Gasteiger partial charge in [0.25, 0.3) is 5.91 Å². The average Bonchev–Trinajstić information content (AvgIpc) is 3.00. The summed E-state index contributed by atoms with van der Waals surface area (Å²) >= 11 is 0. The molecule has 1 aromatic heterocycles. The quantitative estimate of drug-likeness (QED) is 0.907. The smallest absolute Gasteiger partial charge is 0.276 e. The molecule has 3 rings (SSSR count). The number of rotatable bonds is 3. The number of hydrogen-bond donors (Lipinski definition) is 1. The zero-order valence-electron chi connectivity index (χ0n) is 11.2. The molecule has 2 saturated carbocycles. The van der Waals surface area contributed by atoms with Gasteiger partial charge in [-0.05, 0) is 49.1 Å². The SMILES string of the molecule is CN(CC1CC2CCC1C2)C(=O)c1ncccc1O. The van der Waals surface area contributed by atoms with E-state index in [4.69, 9.17) is 0 Å². The van der Waals surface area contributed by atoms with Gasteiger partial charge in [-0.2, -0.15) is 0 Å². The Morgan fingerprint density at radius 1 is 1.47 bits per heavy atom. The summed E-state index contributed by atoms with van der Waals surface area (Å²) in [4.78, 5) is 18.0. The molecule has 1 aromatic rings. The molecule has 2 fully saturated rings. The van der Waals surface area contributed by atoms with Crippen molar-refractivity contribution in [2.75, 3.05) is 13.6 Å². The van der Waals surface area contributed by atoms with Crippen molar-refractivity contribution in [2.24, 2.45) is 17.8 Å². The summed E-state index contributed by atoms with van der Waals surface area (Å²) in [5, 5.41) is 9.69. The maximum atomic E-state index is 12.3. The maximum Gasteiger partial charge on any atom is 0.276 e. The molecule has 0 aromatic carbocycles. The van der Waals surface area contributed by atoms with Crippen LogP contribution in [-0.4, -0.2) is 34.5 Å². The van der Waals surface area contributed by atoms with Crippen molar-refractivity contribution in [1.29, 1.82) is 0 Å². The molecule has 1 heterocycles. The number of carbonyl (C=O) groups is 1. The Morgan fingerprint density at radius 2 is 2.32 bits per heavy atom. The van der Waals surface area contributed by atoms with Crippen molar-refractivity contribution < 1.29 is 9.90 Å². The number of carbonyl (C=O) groups excluding carboxylic acids is 1. The molecule has 0 aliphatic heterocycles. The van der Waals surface area contributed by atoms with Crippen LogP contribution in [0.15, 0.2) is 18.3 Å². The highest BCUT2D eigenvalue weighted by Gasteiger charge is 2.40. The van der Waals surface area contributed by atoms with Gasteiger partial charge >= 0.3 is 0 Å². The minimum Gasteiger partial charge on any atom is -0.505 e. The van der Waals surface area contributed by atoms with Crippen LogP contribution in [0, 0.1) is 17.8 Å². The lowest BCUT2D eigenvalue weighted by Gasteiger charge is -2.27. The fourth-order valence-corrected chi connectivity index (χ4v) is 3.78. The molecule has 19 heavy (non-hydrogen) atoms. The van der Waals surface area contributed by atoms with E-state index in [1.54, 1.807) is 17.2 Å². The second kappa shape index (κ2) is 4.83. The predicted octanol–water partition coefficient (Wildman–Crippen LogP) is 2.30. The van der Waals surface area contributed by atoms with Gasteiger partial charge in [0.1, 0.15) is 5.75 Å². The summed E-state index contributed by atoms with van der Waals surface area (Å²) in [5.74, 6) is 2.12. The number of aromatic hydroxyl groups is 1. The molecular weight excluding hydrogens is 240 g/mol. The van der Waals surface area contributed by atoms with Gasteiger partial charge in [-0.3, -0.25) is 4.79 Å². The Bertz CT molecular complexity index is 489. The van der Waals surface area contributed by atoms with Crippen LogP contribution in [0.5, 0.6) is 5.75 Å². The minimum absolute atomic E-state index is 0.0349. The van der Waals surface area contributed by atoms with Crippen molar-refractivity contribution in [1.82, 2.24) is 9.88 Å². The Hall–Kier alpha value is -1.58. The molecule has 4 nitrogen and oxygen atoms in total. The highest BCUT2D eigenvalue weighted by atomic mass is 16.3. The number of nitrogens with zero attached hydrogens (tertiary/aromatic N) is 2. The average molecular weight is 260 g/mol. The van der Waals surface area contributed by atoms with Gasteiger partial charge in [-0.25, -0.2) is 4.98 Å². The number of amides is 1. The second-order valence-corrected chi connectivity index (χ2v) is 5.99. The summed E-state index contributed by atoms with van der Waals surface area (Å²) in [5.41, 5.74) is 0.160. The lowest BCUT2D eigenvalue weighted by molar-refractivity contribution is 0.0745. The largest absolute Gasteiger partial charge is 0.505 e. The maximum absolute atomic E-state index is 12.3. The third-order valence-corrected chi connectivity index (χ3v) is 4.73. The normalized spacial score (nSPS) is 28.6. The standard InChI is InChI=1S/C15H20N2O2/c1-17(9-12-8-10-4-5-11(12)7-10)15(19)14-13(18)3-2-6-16-14/h2-3,6,10-12,18H,4-5,7-9H2,1H3. The van der Waals surface area contributed by atoms with Crippen molar-refractivity contribution in [3.63, 3.8) is 0 Å². The molecule has 2 aliphatic rings. The van der Waals surface area contributed by atoms with E-state index in [0.29, 0.717) is 5.92 Å². The van der Waals surface area contributed by atoms with Crippen LogP contribution in [0.3, 0.4) is 0 Å². The number of aromatic nitrogens is 1. The van der Waals surface area contributed by atoms with Gasteiger partial charge in [0.15, 0.2) is 5.69 Å². The molecule has 1 N–H and O–H groups in total. The lowest BCUT2D eigenvalue weighted by Crippen LogP contribution is -2.34. The molecule has 3 atom stereocenters. The first-order valence-corrected chi connectivity index (χ1v) is 7.04. The monoisotopic (exact) mass is 260 g/mol. The third-order valence-electron chi connectivity index (χ3n) is 4.73. The van der Waals surface area contributed by atoms with Gasteiger partial charge in [-0.1, -0.05) is 6.42 Å². The number of fused-ring (bicyclic) bond motifs is 2. The van der Waals surface area contributed by atoms with Crippen LogP contribution in [0.25, 0.3) is 0 Å². The van der Waals surface area contributed by atoms with E-state index in [2.05, 4.69) is 4.98 Å². The van der Waals surface area contributed by atoms with Crippen molar-refractivity contribution in [3.8, 4) is 5.75 Å². The Kier molecular flexibility index (Phi) is 3.17. The van der Waals surface area contributed by atoms with Gasteiger partial charge in [0, 0.05) is 19.8 Å². The first-order valence-electron chi connectivity index (χ1n) is 7.04. The first-order chi connectivity index (χ1) is 9.15. The molecule has 0 radical (unpaired) electrons. The van der Waals surface area contributed by atoms with Gasteiger partial charge in [0.2, 0.25) is 0 Å². The summed E-state index contributed by atoms with van der Waals surface area (Å²) in [7, 11) is 1.81. The van der Waals surface area contributed by atoms with Crippen LogP contribution in [-0.2, 0) is 0 Å². The molecule has 2 bridgehead atoms. The van der Waals surface area contributed by atoms with Gasteiger partial charge in [-0.15, -0.1) is 0 Å². The zero-order valence-corrected chi connectivity index (χ0v) is 11.2. The van der Waals surface area contributed by atoms with Crippen LogP contribution in [0.2, 0.25) is 0 Å². The van der Waals surface area contributed by atoms with E-state index in [1.807, 2.05) is 7.05 Å². The molecule has 4 heteroatoms. The second-order valence-electron chi connectivity index (χ2n) is 5.99. The molecule has 102 valence electrons. The molecule has 1 amide bonds. The zero-order chi connectivity index (χ0) is 13.4. The number of hydrogen-bond acceptors (Lipinski definition) is 3. The summed E-state index contributed by atoms with van der Waals surface area (Å²) < 4.78 is 0. The molecule has 0 saturated heterocycles. The fourth-order valence-electron chi connectivity index (χ4n) is 3.78. The van der Waals surface area contributed by atoms with E-state index in [1.165, 1.54) is 31.7 Å². The summed E-state index contributed by atoms with van der Waals surface area (Å²) in [6.07, 6.45) is 6.85. The van der Waals surface area contributed by atoms with Crippen LogP contribution >= 0.6 is 0 Å². The molecular formula is C15H20N2O2. The van der Waals surface area contributed by atoms with E-state index in [-0.39, 0.29) is 17.4 Å². The molecule has 2 aliphatic carbocycles. The van der Waals surface area contributed by atoms with E-state index in [9.17, 15) is 9.90 Å². The number of pyridine rings is 1. The topological polar surface area (TPSA) is 53.4 Å². The van der Waals surface area contributed by atoms with Crippen molar-refractivity contribution in [3.05, 3.63) is 24.0 Å². The highest BCUT2D eigenvalue weighted by molar-refractivity contribution is 5.94. The van der Waals surface area contributed by atoms with Gasteiger partial charge in [0.05, 0.1) is 0 Å². The summed E-state index contributed by atoms with van der Waals surface area (Å²) in [6, 6.07) is 3.13. The Balaban J connectivity index is 1.66. The fraction of sp³-hybridized carbons (Fsp3) is 0.600. The molecule has 3 unspecified atom stereocenters. The molecule has 0 spiro atoms.